The Morgan fingerprint density at radius 2 is 2.00 bits per heavy atom. The molecule has 8 heteroatoms. The van der Waals surface area contributed by atoms with E-state index in [9.17, 15) is 19.7 Å². The van der Waals surface area contributed by atoms with Crippen LogP contribution in [0.3, 0.4) is 0 Å². The van der Waals surface area contributed by atoms with Crippen molar-refractivity contribution < 1.29 is 19.2 Å². The predicted molar refractivity (Wildman–Crippen MR) is 96.6 cm³/mol. The zero-order chi connectivity index (χ0) is 18.5. The first kappa shape index (κ1) is 16.3. The second-order valence-corrected chi connectivity index (χ2v) is 7.06. The Balaban J connectivity index is 1.92. The van der Waals surface area contributed by atoms with Gasteiger partial charge in [-0.2, -0.15) is 0 Å². The molecule has 0 amide bonds. The molecular formula is C18H12N2O5S. The highest BCUT2D eigenvalue weighted by molar-refractivity contribution is 8.01. The number of ether oxygens (including phenoxy) is 1. The van der Waals surface area contributed by atoms with Gasteiger partial charge >= 0.3 is 0 Å². The van der Waals surface area contributed by atoms with Crippen molar-refractivity contribution in [3.05, 3.63) is 63.2 Å². The number of likely N-dealkylation sites (N-methyl/N-ethyl adjacent to an activating group) is 1. The zero-order valence-electron chi connectivity index (χ0n) is 13.5. The fourth-order valence-electron chi connectivity index (χ4n) is 3.18. The number of hydrogen-bond acceptors (Lipinski definition) is 7. The highest BCUT2D eigenvalue weighted by Gasteiger charge is 2.51. The topological polar surface area (TPSA) is 89.8 Å². The first-order valence-corrected chi connectivity index (χ1v) is 8.47. The number of rotatable bonds is 3. The number of anilines is 1. The number of non-ortho nitro benzene ring substituents is 1. The van der Waals surface area contributed by atoms with E-state index in [2.05, 4.69) is 0 Å². The van der Waals surface area contributed by atoms with Crippen LogP contribution in [0.2, 0.25) is 0 Å². The third kappa shape index (κ3) is 2.15. The van der Waals surface area contributed by atoms with Crippen molar-refractivity contribution in [1.82, 2.24) is 0 Å². The quantitative estimate of drug-likeness (QED) is 0.466. The first-order valence-electron chi connectivity index (χ1n) is 7.66. The summed E-state index contributed by atoms with van der Waals surface area (Å²) >= 11 is 1.35. The first-order chi connectivity index (χ1) is 12.5. The molecule has 2 aliphatic rings. The van der Waals surface area contributed by atoms with Gasteiger partial charge in [0, 0.05) is 29.6 Å². The molecule has 0 saturated carbocycles. The minimum absolute atomic E-state index is 0.0692. The molecule has 2 heterocycles. The number of para-hydroxylation sites is 1. The Hall–Kier alpha value is -3.13. The Morgan fingerprint density at radius 1 is 1.23 bits per heavy atom. The Bertz CT molecular complexity index is 1000. The number of nitro benzene ring substituents is 1. The number of thioether (sulfide) groups is 1. The Labute approximate surface area is 152 Å². The second-order valence-electron chi connectivity index (χ2n) is 5.86. The molecule has 2 aliphatic heterocycles. The summed E-state index contributed by atoms with van der Waals surface area (Å²) in [6.45, 7) is 0. The average molecular weight is 368 g/mol. The monoisotopic (exact) mass is 368 g/mol. The molecule has 0 aliphatic carbocycles. The van der Waals surface area contributed by atoms with E-state index in [1.54, 1.807) is 13.1 Å². The van der Waals surface area contributed by atoms with Gasteiger partial charge in [-0.15, -0.1) is 0 Å². The van der Waals surface area contributed by atoms with Crippen LogP contribution in [0.25, 0.3) is 6.08 Å². The largest absolute Gasteiger partial charge is 0.452 e. The number of nitrogens with zero attached hydrogens (tertiary/aromatic N) is 2. The Morgan fingerprint density at radius 3 is 2.65 bits per heavy atom. The van der Waals surface area contributed by atoms with Gasteiger partial charge in [0.25, 0.3) is 10.7 Å². The van der Waals surface area contributed by atoms with Gasteiger partial charge in [0.05, 0.1) is 21.7 Å². The predicted octanol–water partition coefficient (Wildman–Crippen LogP) is 3.28. The van der Waals surface area contributed by atoms with Crippen LogP contribution >= 0.6 is 11.8 Å². The minimum Gasteiger partial charge on any atom is -0.452 e. The van der Waals surface area contributed by atoms with Gasteiger partial charge in [-0.25, -0.2) is 0 Å². The van der Waals surface area contributed by atoms with Crippen LogP contribution in [0.15, 0.2) is 46.9 Å². The summed E-state index contributed by atoms with van der Waals surface area (Å²) in [4.78, 5) is 36.6. The van der Waals surface area contributed by atoms with Crippen molar-refractivity contribution in [3.63, 3.8) is 0 Å². The highest BCUT2D eigenvalue weighted by atomic mass is 32.2. The maximum absolute atomic E-state index is 11.8. The molecule has 2 aromatic rings. The molecule has 0 aromatic heterocycles. The zero-order valence-corrected chi connectivity index (χ0v) is 14.4. The normalized spacial score (nSPS) is 20.0. The van der Waals surface area contributed by atoms with Gasteiger partial charge in [0.1, 0.15) is 5.75 Å². The molecule has 130 valence electrons. The van der Waals surface area contributed by atoms with Gasteiger partial charge < -0.3 is 9.64 Å². The van der Waals surface area contributed by atoms with Crippen LogP contribution in [-0.2, 0) is 4.79 Å². The molecule has 0 bridgehead atoms. The number of carbonyl (C=O) groups excluding carboxylic acids is 2. The van der Waals surface area contributed by atoms with Crippen LogP contribution in [0, 0.1) is 10.1 Å². The Kier molecular flexibility index (Phi) is 3.58. The van der Waals surface area contributed by atoms with Gasteiger partial charge in [0.15, 0.2) is 12.6 Å². The number of benzene rings is 2. The van der Waals surface area contributed by atoms with Gasteiger partial charge in [-0.05, 0) is 30.0 Å². The molecule has 1 spiro atoms. The molecule has 1 atom stereocenters. The van der Waals surface area contributed by atoms with Crippen molar-refractivity contribution in [2.75, 3.05) is 11.9 Å². The van der Waals surface area contributed by atoms with E-state index >= 15 is 0 Å². The molecule has 26 heavy (non-hydrogen) atoms. The summed E-state index contributed by atoms with van der Waals surface area (Å²) in [5.41, 5.74) is 1.37. The average Bonchev–Trinajstić information content (AvgIpc) is 2.93. The molecule has 0 fully saturated rings. The summed E-state index contributed by atoms with van der Waals surface area (Å²) in [6.07, 6.45) is 2.74. The van der Waals surface area contributed by atoms with Crippen molar-refractivity contribution in [2.24, 2.45) is 0 Å². The number of carbonyl (C=O) groups is 2. The van der Waals surface area contributed by atoms with Crippen molar-refractivity contribution in [1.29, 1.82) is 0 Å². The maximum Gasteiger partial charge on any atom is 0.271 e. The van der Waals surface area contributed by atoms with Crippen LogP contribution in [0.1, 0.15) is 15.9 Å². The van der Waals surface area contributed by atoms with E-state index in [4.69, 9.17) is 4.74 Å². The summed E-state index contributed by atoms with van der Waals surface area (Å²) in [5, 5.41) is 9.94. The van der Waals surface area contributed by atoms with E-state index in [-0.39, 0.29) is 17.0 Å². The minimum atomic E-state index is -1.16. The fraction of sp³-hybridized carbons (Fsp3) is 0.111. The lowest BCUT2D eigenvalue weighted by Crippen LogP contribution is -2.49. The number of aldehydes is 2. The van der Waals surface area contributed by atoms with E-state index in [1.807, 2.05) is 29.2 Å². The number of hydrogen-bond donors (Lipinski definition) is 0. The number of fused-ring (bicyclic) bond motifs is 2. The van der Waals surface area contributed by atoms with Crippen molar-refractivity contribution in [2.45, 2.75) is 9.95 Å². The molecule has 0 N–H and O–H groups in total. The molecule has 7 nitrogen and oxygen atoms in total. The maximum atomic E-state index is 11.8. The lowest BCUT2D eigenvalue weighted by Gasteiger charge is -2.39. The van der Waals surface area contributed by atoms with Crippen LogP contribution in [0.5, 0.6) is 5.75 Å². The standard InChI is InChI=1S/C18H12N2O5S/c1-19-15-4-2-3-5-16(15)26-18(19)13(10-22)6-11-7-14(20(23)24)8-12(9-21)17(11)25-18/h2-10H,1H3. The summed E-state index contributed by atoms with van der Waals surface area (Å²) in [6, 6.07) is 10.1. The lowest BCUT2D eigenvalue weighted by atomic mass is 10.0. The SMILES string of the molecule is CN1c2ccccc2SC12Oc1c(C=O)cc([N+](=O)[O-])cc1C=C2C=O. The summed E-state index contributed by atoms with van der Waals surface area (Å²) in [5.74, 6) is 0.225. The third-order valence-electron chi connectivity index (χ3n) is 4.43. The highest BCUT2D eigenvalue weighted by Crippen LogP contribution is 2.55. The van der Waals surface area contributed by atoms with E-state index in [0.29, 0.717) is 23.7 Å². The summed E-state index contributed by atoms with van der Waals surface area (Å²) in [7, 11) is 1.80. The van der Waals surface area contributed by atoms with Crippen molar-refractivity contribution in [3.8, 4) is 5.75 Å². The van der Waals surface area contributed by atoms with Crippen LogP contribution in [-0.4, -0.2) is 29.6 Å². The number of nitro groups is 1. The lowest BCUT2D eigenvalue weighted by molar-refractivity contribution is -0.384. The second kappa shape index (κ2) is 5.70. The van der Waals surface area contributed by atoms with Gasteiger partial charge in [-0.1, -0.05) is 12.1 Å². The summed E-state index contributed by atoms with van der Waals surface area (Å²) < 4.78 is 6.17. The molecule has 1 unspecified atom stereocenters. The van der Waals surface area contributed by atoms with Crippen LogP contribution in [0.4, 0.5) is 11.4 Å². The molecule has 0 saturated heterocycles. The van der Waals surface area contributed by atoms with E-state index < -0.39 is 9.98 Å². The molecule has 4 rings (SSSR count). The van der Waals surface area contributed by atoms with Crippen LogP contribution < -0.4 is 9.64 Å². The third-order valence-corrected chi connectivity index (χ3v) is 5.86. The van der Waals surface area contributed by atoms with Crippen molar-refractivity contribution >= 4 is 41.8 Å². The molecule has 0 radical (unpaired) electrons. The van der Waals surface area contributed by atoms with E-state index in [0.717, 1.165) is 10.6 Å². The van der Waals surface area contributed by atoms with Gasteiger partial charge in [-0.3, -0.25) is 19.7 Å². The smallest absolute Gasteiger partial charge is 0.271 e. The van der Waals surface area contributed by atoms with E-state index in [1.165, 1.54) is 23.9 Å². The van der Waals surface area contributed by atoms with Gasteiger partial charge in [0.2, 0.25) is 0 Å². The molecular weight excluding hydrogens is 356 g/mol. The molecule has 2 aromatic carbocycles. The fourth-order valence-corrected chi connectivity index (χ4v) is 4.52.